The summed E-state index contributed by atoms with van der Waals surface area (Å²) in [6.07, 6.45) is 3.38. The molecule has 1 aliphatic carbocycles. The van der Waals surface area contributed by atoms with E-state index in [-0.39, 0.29) is 29.4 Å². The van der Waals surface area contributed by atoms with Crippen molar-refractivity contribution in [2.24, 2.45) is 0 Å². The molecule has 0 radical (unpaired) electrons. The van der Waals surface area contributed by atoms with E-state index in [0.29, 0.717) is 16.4 Å². The molecule has 138 valence electrons. The van der Waals surface area contributed by atoms with Crippen molar-refractivity contribution in [3.8, 4) is 0 Å². The Morgan fingerprint density at radius 2 is 1.93 bits per heavy atom. The first-order valence-electron chi connectivity index (χ1n) is 8.60. The summed E-state index contributed by atoms with van der Waals surface area (Å²) in [5.41, 5.74) is 0.888. The van der Waals surface area contributed by atoms with Crippen molar-refractivity contribution in [1.29, 1.82) is 0 Å². The average Bonchev–Trinajstić information content (AvgIpc) is 3.16. The maximum atomic E-state index is 13.1. The van der Waals surface area contributed by atoms with E-state index in [1.807, 2.05) is 4.90 Å². The number of hydrogen-bond acceptors (Lipinski definition) is 4. The molecule has 0 atom stereocenters. The van der Waals surface area contributed by atoms with E-state index in [2.05, 4.69) is 5.32 Å². The van der Waals surface area contributed by atoms with Gasteiger partial charge in [0, 0.05) is 12.6 Å². The van der Waals surface area contributed by atoms with E-state index >= 15 is 0 Å². The molecule has 2 heterocycles. The summed E-state index contributed by atoms with van der Waals surface area (Å²) in [4.78, 5) is 27.4. The Hall–Kier alpha value is -2.93. The fourth-order valence-electron chi connectivity index (χ4n) is 2.78. The highest BCUT2D eigenvalue weighted by Gasteiger charge is 2.33. The summed E-state index contributed by atoms with van der Waals surface area (Å²) in [7, 11) is 0. The number of nitrogens with zero attached hydrogens (tertiary/aromatic N) is 1. The van der Waals surface area contributed by atoms with Crippen molar-refractivity contribution >= 4 is 28.2 Å². The summed E-state index contributed by atoms with van der Waals surface area (Å²) in [6.45, 7) is 0.440. The third-order valence-electron chi connectivity index (χ3n) is 4.31. The van der Waals surface area contributed by atoms with Gasteiger partial charge in [-0.3, -0.25) is 9.59 Å². The summed E-state index contributed by atoms with van der Waals surface area (Å²) in [5.74, 6) is -0.512. The molecule has 4 rings (SSSR count). The lowest BCUT2D eigenvalue weighted by molar-refractivity contribution is 0.0734. The maximum absolute atomic E-state index is 13.1. The number of furan rings is 1. The minimum atomic E-state index is -0.355. The molecule has 1 N–H and O–H groups in total. The molecular weight excluding hydrogens is 367 g/mol. The van der Waals surface area contributed by atoms with E-state index in [4.69, 9.17) is 4.42 Å². The highest BCUT2D eigenvalue weighted by molar-refractivity contribution is 7.18. The van der Waals surface area contributed by atoms with Crippen molar-refractivity contribution in [3.63, 3.8) is 0 Å². The molecule has 2 aromatic heterocycles. The molecule has 1 aliphatic rings. The fourth-order valence-corrected chi connectivity index (χ4v) is 3.64. The van der Waals surface area contributed by atoms with Crippen molar-refractivity contribution in [3.05, 3.63) is 76.8 Å². The van der Waals surface area contributed by atoms with Gasteiger partial charge in [-0.1, -0.05) is 12.1 Å². The van der Waals surface area contributed by atoms with Crippen LogP contribution in [0.5, 0.6) is 0 Å². The van der Waals surface area contributed by atoms with Crippen LogP contribution in [0.1, 0.15) is 38.6 Å². The molecule has 3 aromatic rings. The molecule has 0 saturated heterocycles. The second kappa shape index (κ2) is 7.36. The van der Waals surface area contributed by atoms with E-state index in [9.17, 15) is 14.0 Å². The van der Waals surface area contributed by atoms with Gasteiger partial charge < -0.3 is 14.6 Å². The highest BCUT2D eigenvalue weighted by Crippen LogP contribution is 2.32. The van der Waals surface area contributed by atoms with E-state index in [1.165, 1.54) is 29.7 Å². The van der Waals surface area contributed by atoms with Crippen LogP contribution in [0.15, 0.2) is 59.2 Å². The molecule has 1 aromatic carbocycles. The Morgan fingerprint density at radius 1 is 1.15 bits per heavy atom. The Morgan fingerprint density at radius 3 is 2.59 bits per heavy atom. The van der Waals surface area contributed by atoms with E-state index in [1.54, 1.807) is 36.4 Å². The Bertz CT molecular complexity index is 946. The number of halogens is 1. The summed E-state index contributed by atoms with van der Waals surface area (Å²) < 4.78 is 18.2. The van der Waals surface area contributed by atoms with Gasteiger partial charge in [-0.2, -0.15) is 0 Å². The number of carbonyl (C=O) groups excluding carboxylic acids is 2. The molecular formula is C20H17FN2O3S. The van der Waals surface area contributed by atoms with Crippen LogP contribution in [0.3, 0.4) is 0 Å². The topological polar surface area (TPSA) is 62.6 Å². The number of carbonyl (C=O) groups is 2. The molecule has 5 nitrogen and oxygen atoms in total. The van der Waals surface area contributed by atoms with Gasteiger partial charge in [0.05, 0.1) is 16.1 Å². The quantitative estimate of drug-likeness (QED) is 0.679. The second-order valence-electron chi connectivity index (χ2n) is 6.39. The largest absolute Gasteiger partial charge is 0.459 e. The predicted octanol–water partition coefficient (Wildman–Crippen LogP) is 4.54. The fraction of sp³-hybridized carbons (Fsp3) is 0.200. The third kappa shape index (κ3) is 4.09. The third-order valence-corrected chi connectivity index (χ3v) is 5.30. The molecule has 2 amide bonds. The van der Waals surface area contributed by atoms with Crippen LogP contribution in [0.25, 0.3) is 0 Å². The molecule has 0 unspecified atom stereocenters. The average molecular weight is 384 g/mol. The van der Waals surface area contributed by atoms with Gasteiger partial charge in [-0.05, 0) is 54.8 Å². The minimum Gasteiger partial charge on any atom is -0.459 e. The number of anilines is 1. The SMILES string of the molecule is O=C(Nc1ccc(C(=O)N(Cc2ccc(F)cc2)C2CC2)s1)c1ccco1. The normalized spacial score (nSPS) is 13.4. The van der Waals surface area contributed by atoms with Crippen LogP contribution in [-0.2, 0) is 6.54 Å². The summed E-state index contributed by atoms with van der Waals surface area (Å²) >= 11 is 1.23. The maximum Gasteiger partial charge on any atom is 0.291 e. The van der Waals surface area contributed by atoms with Gasteiger partial charge in [0.1, 0.15) is 5.82 Å². The van der Waals surface area contributed by atoms with Crippen molar-refractivity contribution in [2.75, 3.05) is 5.32 Å². The second-order valence-corrected chi connectivity index (χ2v) is 7.47. The molecule has 7 heteroatoms. The monoisotopic (exact) mass is 384 g/mol. The molecule has 0 spiro atoms. The van der Waals surface area contributed by atoms with Crippen LogP contribution >= 0.6 is 11.3 Å². The first-order chi connectivity index (χ1) is 13.1. The summed E-state index contributed by atoms with van der Waals surface area (Å²) in [6, 6.07) is 13.0. The van der Waals surface area contributed by atoms with Gasteiger partial charge in [0.25, 0.3) is 11.8 Å². The molecule has 27 heavy (non-hydrogen) atoms. The molecule has 1 fully saturated rings. The Kier molecular flexibility index (Phi) is 4.77. The smallest absolute Gasteiger partial charge is 0.291 e. The van der Waals surface area contributed by atoms with Crippen LogP contribution in [0.4, 0.5) is 9.39 Å². The lowest BCUT2D eigenvalue weighted by Crippen LogP contribution is -2.32. The van der Waals surface area contributed by atoms with E-state index in [0.717, 1.165) is 18.4 Å². The number of thiophene rings is 1. The van der Waals surface area contributed by atoms with Gasteiger partial charge >= 0.3 is 0 Å². The lowest BCUT2D eigenvalue weighted by Gasteiger charge is -2.22. The van der Waals surface area contributed by atoms with Gasteiger partial charge in [0.15, 0.2) is 5.76 Å². The number of nitrogens with one attached hydrogen (secondary N) is 1. The number of hydrogen-bond donors (Lipinski definition) is 1. The summed E-state index contributed by atoms with van der Waals surface area (Å²) in [5, 5.41) is 3.31. The zero-order valence-electron chi connectivity index (χ0n) is 14.4. The number of amides is 2. The van der Waals surface area contributed by atoms with E-state index < -0.39 is 0 Å². The zero-order valence-corrected chi connectivity index (χ0v) is 15.2. The van der Waals surface area contributed by atoms with Crippen molar-refractivity contribution in [2.45, 2.75) is 25.4 Å². The first kappa shape index (κ1) is 17.5. The predicted molar refractivity (Wildman–Crippen MR) is 100 cm³/mol. The van der Waals surface area contributed by atoms with Gasteiger partial charge in [-0.25, -0.2) is 4.39 Å². The van der Waals surface area contributed by atoms with Crippen LogP contribution < -0.4 is 5.32 Å². The van der Waals surface area contributed by atoms with Crippen molar-refractivity contribution in [1.82, 2.24) is 4.90 Å². The highest BCUT2D eigenvalue weighted by atomic mass is 32.1. The lowest BCUT2D eigenvalue weighted by atomic mass is 10.2. The number of rotatable bonds is 6. The zero-order chi connectivity index (χ0) is 18.8. The molecule has 1 saturated carbocycles. The van der Waals surface area contributed by atoms with Crippen LogP contribution in [0.2, 0.25) is 0 Å². The molecule has 0 bridgehead atoms. The van der Waals surface area contributed by atoms with Crippen LogP contribution in [0, 0.1) is 5.82 Å². The van der Waals surface area contributed by atoms with Crippen LogP contribution in [-0.4, -0.2) is 22.8 Å². The standard InChI is InChI=1S/C20H17FN2O3S/c21-14-5-3-13(4-6-14)12-23(15-7-8-15)20(25)17-9-10-18(27-17)22-19(24)16-2-1-11-26-16/h1-6,9-11,15H,7-8,12H2,(H,22,24). The Balaban J connectivity index is 1.46. The first-order valence-corrected chi connectivity index (χ1v) is 9.42. The van der Waals surface area contributed by atoms with Crippen molar-refractivity contribution < 1.29 is 18.4 Å². The van der Waals surface area contributed by atoms with Gasteiger partial charge in [-0.15, -0.1) is 11.3 Å². The van der Waals surface area contributed by atoms with Gasteiger partial charge in [0.2, 0.25) is 0 Å². The minimum absolute atomic E-state index is 0.0784. The Labute approximate surface area is 159 Å². The number of benzene rings is 1. The molecule has 0 aliphatic heterocycles.